The van der Waals surface area contributed by atoms with Crippen LogP contribution in [0.15, 0.2) is 5.16 Å². The summed E-state index contributed by atoms with van der Waals surface area (Å²) in [5, 5.41) is 20.9. The minimum Gasteiger partial charge on any atom is -0.409 e. The van der Waals surface area contributed by atoms with Gasteiger partial charge in [0, 0.05) is 6.54 Å². The molecule has 110 valence electrons. The Kier molecular flexibility index (Phi) is 5.56. The van der Waals surface area contributed by atoms with Crippen LogP contribution in [0.3, 0.4) is 0 Å². The van der Waals surface area contributed by atoms with Crippen LogP contribution in [0, 0.1) is 11.8 Å². The molecule has 0 saturated carbocycles. The number of carbonyl (C=O) groups is 1. The maximum Gasteiger partial charge on any atom is 0.234 e. The molecule has 0 radical (unpaired) electrons. The largest absolute Gasteiger partial charge is 0.409 e. The molecule has 0 aromatic rings. The molecule has 3 unspecified atom stereocenters. The Morgan fingerprint density at radius 3 is 2.68 bits per heavy atom. The van der Waals surface area contributed by atoms with E-state index in [0.717, 1.165) is 0 Å². The summed E-state index contributed by atoms with van der Waals surface area (Å²) in [5.74, 6) is -1.02. The number of aliphatic hydroxyl groups excluding tert-OH is 1. The van der Waals surface area contributed by atoms with Gasteiger partial charge in [-0.15, -0.1) is 0 Å². The number of oxime groups is 1. The zero-order chi connectivity index (χ0) is 14.6. The Bertz CT molecular complexity index is 346. The zero-order valence-electron chi connectivity index (χ0n) is 11.6. The van der Waals surface area contributed by atoms with Crippen molar-refractivity contribution in [3.63, 3.8) is 0 Å². The van der Waals surface area contributed by atoms with E-state index >= 15 is 0 Å². The van der Waals surface area contributed by atoms with Crippen LogP contribution in [0.5, 0.6) is 0 Å². The van der Waals surface area contributed by atoms with Gasteiger partial charge in [-0.2, -0.15) is 0 Å². The third-order valence-electron chi connectivity index (χ3n) is 3.36. The van der Waals surface area contributed by atoms with Crippen LogP contribution in [-0.2, 0) is 9.53 Å². The Hall–Kier alpha value is -1.34. The number of amides is 1. The van der Waals surface area contributed by atoms with Gasteiger partial charge in [-0.1, -0.05) is 19.0 Å². The van der Waals surface area contributed by atoms with Gasteiger partial charge in [-0.3, -0.25) is 4.79 Å². The summed E-state index contributed by atoms with van der Waals surface area (Å²) in [6.07, 6.45) is -0.375. The molecule has 7 nitrogen and oxygen atoms in total. The number of hydrogen-bond donors (Lipinski definition) is 3. The molecule has 1 aliphatic rings. The number of amidine groups is 1. The van der Waals surface area contributed by atoms with Gasteiger partial charge in [0.15, 0.2) is 5.84 Å². The van der Waals surface area contributed by atoms with Crippen LogP contribution in [0.1, 0.15) is 20.8 Å². The van der Waals surface area contributed by atoms with Crippen molar-refractivity contribution in [3.05, 3.63) is 0 Å². The molecule has 4 N–H and O–H groups in total. The summed E-state index contributed by atoms with van der Waals surface area (Å²) in [5.41, 5.74) is 5.61. The van der Waals surface area contributed by atoms with Crippen molar-refractivity contribution in [2.75, 3.05) is 19.8 Å². The monoisotopic (exact) mass is 273 g/mol. The van der Waals surface area contributed by atoms with Gasteiger partial charge in [-0.25, -0.2) is 0 Å². The topological polar surface area (TPSA) is 108 Å². The average Bonchev–Trinajstić information content (AvgIpc) is 2.38. The van der Waals surface area contributed by atoms with Crippen LogP contribution in [0.2, 0.25) is 0 Å². The maximum atomic E-state index is 12.5. The fraction of sp³-hybridized carbons (Fsp3) is 0.833. The van der Waals surface area contributed by atoms with Gasteiger partial charge in [0.25, 0.3) is 0 Å². The predicted octanol–water partition coefficient (Wildman–Crippen LogP) is -0.387. The molecule has 1 amide bonds. The minimum atomic E-state index is -0.662. The molecular formula is C12H23N3O4. The number of morpholine rings is 1. The first-order valence-corrected chi connectivity index (χ1v) is 6.42. The second kappa shape index (κ2) is 6.72. The maximum absolute atomic E-state index is 12.5. The van der Waals surface area contributed by atoms with Crippen LogP contribution in [-0.4, -0.2) is 58.9 Å². The quantitative estimate of drug-likeness (QED) is 0.280. The standard InChI is InChI=1S/C12H23N3O4/c1-7(2)10(11(13)14-18)12(17)15-4-9(5-16)19-6-8(15)3/h7-10,16,18H,4-6H2,1-3H3,(H2,13,14). The van der Waals surface area contributed by atoms with E-state index in [2.05, 4.69) is 5.16 Å². The highest BCUT2D eigenvalue weighted by Crippen LogP contribution is 2.20. The van der Waals surface area contributed by atoms with E-state index in [1.807, 2.05) is 20.8 Å². The van der Waals surface area contributed by atoms with E-state index < -0.39 is 5.92 Å². The number of aliphatic hydroxyl groups is 1. The molecule has 1 rings (SSSR count). The van der Waals surface area contributed by atoms with Gasteiger partial charge >= 0.3 is 0 Å². The van der Waals surface area contributed by atoms with E-state index in [-0.39, 0.29) is 36.4 Å². The molecule has 0 aromatic carbocycles. The number of rotatable bonds is 4. The second-order valence-corrected chi connectivity index (χ2v) is 5.22. The van der Waals surface area contributed by atoms with Crippen LogP contribution in [0.25, 0.3) is 0 Å². The summed E-state index contributed by atoms with van der Waals surface area (Å²) in [4.78, 5) is 14.2. The summed E-state index contributed by atoms with van der Waals surface area (Å²) < 4.78 is 5.39. The molecule has 19 heavy (non-hydrogen) atoms. The first-order chi connectivity index (χ1) is 8.92. The molecule has 3 atom stereocenters. The van der Waals surface area contributed by atoms with Gasteiger partial charge in [0.1, 0.15) is 5.92 Å². The van der Waals surface area contributed by atoms with Gasteiger partial charge in [0.2, 0.25) is 5.91 Å². The lowest BCUT2D eigenvalue weighted by atomic mass is 9.92. The minimum absolute atomic E-state index is 0.0778. The van der Waals surface area contributed by atoms with Crippen molar-refractivity contribution in [3.8, 4) is 0 Å². The number of nitrogens with two attached hydrogens (primary N) is 1. The van der Waals surface area contributed by atoms with Gasteiger partial charge in [0.05, 0.1) is 25.4 Å². The lowest BCUT2D eigenvalue weighted by molar-refractivity contribution is -0.149. The van der Waals surface area contributed by atoms with Crippen molar-refractivity contribution in [2.24, 2.45) is 22.7 Å². The summed E-state index contributed by atoms with van der Waals surface area (Å²) in [6, 6.07) is -0.0944. The first kappa shape index (κ1) is 15.7. The van der Waals surface area contributed by atoms with Crippen molar-refractivity contribution in [1.82, 2.24) is 4.90 Å². The van der Waals surface area contributed by atoms with Gasteiger partial charge < -0.3 is 25.7 Å². The lowest BCUT2D eigenvalue weighted by Gasteiger charge is -2.39. The second-order valence-electron chi connectivity index (χ2n) is 5.22. The molecule has 0 spiro atoms. The SMILES string of the molecule is CC(C)C(C(=O)N1CC(CO)OCC1C)C(N)=NO. The summed E-state index contributed by atoms with van der Waals surface area (Å²) in [7, 11) is 0. The van der Waals surface area contributed by atoms with Crippen LogP contribution >= 0.6 is 0 Å². The Labute approximate surface area is 113 Å². The molecule has 1 fully saturated rings. The van der Waals surface area contributed by atoms with E-state index in [1.54, 1.807) is 4.90 Å². The fourth-order valence-electron chi connectivity index (χ4n) is 2.23. The average molecular weight is 273 g/mol. The van der Waals surface area contributed by atoms with Gasteiger partial charge in [-0.05, 0) is 12.8 Å². The van der Waals surface area contributed by atoms with Crippen molar-refractivity contribution in [1.29, 1.82) is 0 Å². The summed E-state index contributed by atoms with van der Waals surface area (Å²) in [6.45, 7) is 6.11. The van der Waals surface area contributed by atoms with E-state index in [0.29, 0.717) is 13.2 Å². The zero-order valence-corrected chi connectivity index (χ0v) is 11.6. The Balaban J connectivity index is 2.88. The number of ether oxygens (including phenoxy) is 1. The smallest absolute Gasteiger partial charge is 0.234 e. The first-order valence-electron chi connectivity index (χ1n) is 6.42. The third kappa shape index (κ3) is 3.57. The molecule has 1 aliphatic heterocycles. The molecule has 1 heterocycles. The molecule has 0 bridgehead atoms. The van der Waals surface area contributed by atoms with Crippen LogP contribution < -0.4 is 5.73 Å². The molecular weight excluding hydrogens is 250 g/mol. The van der Waals surface area contributed by atoms with E-state index in [9.17, 15) is 4.79 Å². The molecule has 0 aliphatic carbocycles. The Morgan fingerprint density at radius 1 is 1.58 bits per heavy atom. The van der Waals surface area contributed by atoms with Crippen molar-refractivity contribution >= 4 is 11.7 Å². The highest BCUT2D eigenvalue weighted by atomic mass is 16.5. The molecule has 1 saturated heterocycles. The normalized spacial score (nSPS) is 26.6. The van der Waals surface area contributed by atoms with E-state index in [1.165, 1.54) is 0 Å². The Morgan fingerprint density at radius 2 is 2.21 bits per heavy atom. The number of carbonyl (C=O) groups excluding carboxylic acids is 1. The third-order valence-corrected chi connectivity index (χ3v) is 3.36. The van der Waals surface area contributed by atoms with Crippen molar-refractivity contribution < 1.29 is 19.8 Å². The predicted molar refractivity (Wildman–Crippen MR) is 69.7 cm³/mol. The summed E-state index contributed by atoms with van der Waals surface area (Å²) >= 11 is 0. The fourth-order valence-corrected chi connectivity index (χ4v) is 2.23. The van der Waals surface area contributed by atoms with Crippen molar-refractivity contribution in [2.45, 2.75) is 32.9 Å². The highest BCUT2D eigenvalue weighted by Gasteiger charge is 2.36. The lowest BCUT2D eigenvalue weighted by Crippen LogP contribution is -2.55. The van der Waals surface area contributed by atoms with E-state index in [4.69, 9.17) is 20.8 Å². The number of hydrogen-bond acceptors (Lipinski definition) is 5. The van der Waals surface area contributed by atoms with Crippen LogP contribution in [0.4, 0.5) is 0 Å². The molecule has 7 heteroatoms. The highest BCUT2D eigenvalue weighted by molar-refractivity contribution is 6.02. The molecule has 0 aromatic heterocycles. The number of nitrogens with zero attached hydrogens (tertiary/aromatic N) is 2.